The van der Waals surface area contributed by atoms with Crippen LogP contribution in [0.2, 0.25) is 5.15 Å². The number of carbonyl (C=O) groups excluding carboxylic acids is 1. The number of methoxy groups -OCH3 is 2. The van der Waals surface area contributed by atoms with Gasteiger partial charge in [0.15, 0.2) is 0 Å². The van der Waals surface area contributed by atoms with E-state index >= 15 is 0 Å². The van der Waals surface area contributed by atoms with Gasteiger partial charge in [-0.15, -0.1) is 0 Å². The third-order valence-corrected chi connectivity index (χ3v) is 2.36. The zero-order chi connectivity index (χ0) is 13.0. The van der Waals surface area contributed by atoms with Crippen molar-refractivity contribution >= 4 is 17.6 Å². The lowest BCUT2D eigenvalue weighted by molar-refractivity contribution is -0.139. The molecule has 0 N–H and O–H groups in total. The standard InChI is InChI=1S/C10H10ClF2NO3/c1-16-7-4-6(10(12)13)14-9(11)5(7)3-8(15)17-2/h4,10H,3H2,1-2H3. The van der Waals surface area contributed by atoms with Crippen LogP contribution in [0.15, 0.2) is 6.07 Å². The number of alkyl halides is 2. The van der Waals surface area contributed by atoms with Crippen molar-refractivity contribution in [3.8, 4) is 5.75 Å². The van der Waals surface area contributed by atoms with E-state index in [4.69, 9.17) is 16.3 Å². The summed E-state index contributed by atoms with van der Waals surface area (Å²) in [6.07, 6.45) is -2.94. The lowest BCUT2D eigenvalue weighted by Gasteiger charge is -2.11. The number of ether oxygens (including phenoxy) is 2. The summed E-state index contributed by atoms with van der Waals surface area (Å²) in [5, 5.41) is -0.190. The van der Waals surface area contributed by atoms with E-state index in [9.17, 15) is 13.6 Å². The Balaban J connectivity index is 3.16. The first-order valence-electron chi connectivity index (χ1n) is 4.57. The number of esters is 1. The molecule has 1 aromatic rings. The van der Waals surface area contributed by atoms with Crippen LogP contribution in [-0.2, 0) is 16.0 Å². The minimum absolute atomic E-state index is 0.0886. The number of pyridine rings is 1. The van der Waals surface area contributed by atoms with Crippen LogP contribution < -0.4 is 4.74 Å². The van der Waals surface area contributed by atoms with Crippen molar-refractivity contribution in [1.29, 1.82) is 0 Å². The van der Waals surface area contributed by atoms with E-state index in [0.717, 1.165) is 6.07 Å². The van der Waals surface area contributed by atoms with E-state index in [-0.39, 0.29) is 22.9 Å². The monoisotopic (exact) mass is 265 g/mol. The third-order valence-electron chi connectivity index (χ3n) is 2.04. The Morgan fingerprint density at radius 1 is 1.53 bits per heavy atom. The highest BCUT2D eigenvalue weighted by Gasteiger charge is 2.19. The summed E-state index contributed by atoms with van der Waals surface area (Å²) in [6, 6.07) is 1.05. The van der Waals surface area contributed by atoms with Crippen LogP contribution in [0.5, 0.6) is 5.75 Å². The molecule has 0 aliphatic carbocycles. The molecule has 4 nitrogen and oxygen atoms in total. The lowest BCUT2D eigenvalue weighted by Crippen LogP contribution is -2.08. The van der Waals surface area contributed by atoms with Gasteiger partial charge in [0.2, 0.25) is 0 Å². The molecule has 1 aromatic heterocycles. The minimum Gasteiger partial charge on any atom is -0.496 e. The number of aromatic nitrogens is 1. The van der Waals surface area contributed by atoms with Gasteiger partial charge in [-0.05, 0) is 0 Å². The number of nitrogens with zero attached hydrogens (tertiary/aromatic N) is 1. The smallest absolute Gasteiger partial charge is 0.310 e. The first-order valence-corrected chi connectivity index (χ1v) is 4.95. The Morgan fingerprint density at radius 2 is 2.18 bits per heavy atom. The van der Waals surface area contributed by atoms with Gasteiger partial charge in [-0.3, -0.25) is 4.79 Å². The summed E-state index contributed by atoms with van der Waals surface area (Å²) in [5.74, 6) is -0.470. The van der Waals surface area contributed by atoms with E-state index in [1.807, 2.05) is 0 Å². The predicted octanol–water partition coefficient (Wildman–Crippen LogP) is 2.40. The summed E-state index contributed by atoms with van der Waals surface area (Å²) < 4.78 is 34.3. The summed E-state index contributed by atoms with van der Waals surface area (Å²) in [6.45, 7) is 0. The quantitative estimate of drug-likeness (QED) is 0.620. The molecular weight excluding hydrogens is 256 g/mol. The summed E-state index contributed by atoms with van der Waals surface area (Å²) in [7, 11) is 2.51. The third kappa shape index (κ3) is 3.26. The first-order chi connectivity index (χ1) is 7.99. The second-order valence-corrected chi connectivity index (χ2v) is 3.43. The molecule has 0 aliphatic rings. The molecule has 17 heavy (non-hydrogen) atoms. The van der Waals surface area contributed by atoms with Crippen LogP contribution in [0.1, 0.15) is 17.7 Å². The molecule has 0 bridgehead atoms. The number of carbonyl (C=O) groups is 1. The lowest BCUT2D eigenvalue weighted by atomic mass is 10.1. The molecule has 0 saturated carbocycles. The van der Waals surface area contributed by atoms with Crippen molar-refractivity contribution in [3.05, 3.63) is 22.5 Å². The Kier molecular flexibility index (Phi) is 4.62. The molecular formula is C10H10ClF2NO3. The van der Waals surface area contributed by atoms with Gasteiger partial charge in [-0.1, -0.05) is 11.6 Å². The largest absolute Gasteiger partial charge is 0.496 e. The number of hydrogen-bond donors (Lipinski definition) is 0. The van der Waals surface area contributed by atoms with E-state index < -0.39 is 18.1 Å². The highest BCUT2D eigenvalue weighted by atomic mass is 35.5. The van der Waals surface area contributed by atoms with Crippen LogP contribution in [-0.4, -0.2) is 25.2 Å². The van der Waals surface area contributed by atoms with Crippen molar-refractivity contribution < 1.29 is 23.0 Å². The van der Waals surface area contributed by atoms with Gasteiger partial charge >= 0.3 is 5.97 Å². The van der Waals surface area contributed by atoms with Gasteiger partial charge in [0.1, 0.15) is 16.6 Å². The van der Waals surface area contributed by atoms with Crippen LogP contribution in [0.4, 0.5) is 8.78 Å². The number of hydrogen-bond acceptors (Lipinski definition) is 4. The second kappa shape index (κ2) is 5.77. The zero-order valence-electron chi connectivity index (χ0n) is 9.17. The molecule has 1 rings (SSSR count). The van der Waals surface area contributed by atoms with Gasteiger partial charge in [0.25, 0.3) is 6.43 Å². The van der Waals surface area contributed by atoms with Crippen molar-refractivity contribution in [2.24, 2.45) is 0 Å². The molecule has 7 heteroatoms. The fraction of sp³-hybridized carbons (Fsp3) is 0.400. The van der Waals surface area contributed by atoms with Crippen LogP contribution in [0.25, 0.3) is 0 Å². The van der Waals surface area contributed by atoms with Crippen LogP contribution in [0.3, 0.4) is 0 Å². The van der Waals surface area contributed by atoms with Crippen LogP contribution in [0, 0.1) is 0 Å². The predicted molar refractivity (Wildman–Crippen MR) is 56.5 cm³/mol. The first kappa shape index (κ1) is 13.6. The molecule has 0 aromatic carbocycles. The maximum absolute atomic E-state index is 12.5. The molecule has 0 unspecified atom stereocenters. The van der Waals surface area contributed by atoms with Crippen molar-refractivity contribution in [1.82, 2.24) is 4.98 Å². The van der Waals surface area contributed by atoms with E-state index in [2.05, 4.69) is 9.72 Å². The molecule has 0 saturated heterocycles. The summed E-state index contributed by atoms with van der Waals surface area (Å²) in [4.78, 5) is 14.6. The van der Waals surface area contributed by atoms with E-state index in [1.54, 1.807) is 0 Å². The average molecular weight is 266 g/mol. The molecule has 0 radical (unpaired) electrons. The van der Waals surface area contributed by atoms with Gasteiger partial charge in [0.05, 0.1) is 20.6 Å². The minimum atomic E-state index is -2.76. The number of rotatable bonds is 4. The van der Waals surface area contributed by atoms with Crippen molar-refractivity contribution in [2.45, 2.75) is 12.8 Å². The van der Waals surface area contributed by atoms with Crippen LogP contribution >= 0.6 is 11.6 Å². The van der Waals surface area contributed by atoms with E-state index in [0.29, 0.717) is 0 Å². The van der Waals surface area contributed by atoms with Gasteiger partial charge in [-0.25, -0.2) is 13.8 Å². The SMILES string of the molecule is COC(=O)Cc1c(OC)cc(C(F)F)nc1Cl. The Labute approximate surface area is 101 Å². The highest BCUT2D eigenvalue weighted by molar-refractivity contribution is 6.30. The molecule has 0 amide bonds. The summed E-state index contributed by atoms with van der Waals surface area (Å²) >= 11 is 5.73. The molecule has 0 fully saturated rings. The molecule has 94 valence electrons. The molecule has 0 atom stereocenters. The fourth-order valence-corrected chi connectivity index (χ4v) is 1.46. The molecule has 0 aliphatic heterocycles. The van der Waals surface area contributed by atoms with Crippen molar-refractivity contribution in [2.75, 3.05) is 14.2 Å². The fourth-order valence-electron chi connectivity index (χ4n) is 1.21. The Morgan fingerprint density at radius 3 is 2.65 bits per heavy atom. The van der Waals surface area contributed by atoms with E-state index in [1.165, 1.54) is 14.2 Å². The summed E-state index contributed by atoms with van der Waals surface area (Å²) in [5.41, 5.74) is -0.272. The molecule has 1 heterocycles. The van der Waals surface area contributed by atoms with Crippen molar-refractivity contribution in [3.63, 3.8) is 0 Å². The Hall–Kier alpha value is -1.43. The molecule has 0 spiro atoms. The Bertz CT molecular complexity index is 426. The number of halogens is 3. The average Bonchev–Trinajstić information content (AvgIpc) is 2.30. The van der Waals surface area contributed by atoms with Gasteiger partial charge < -0.3 is 9.47 Å². The topological polar surface area (TPSA) is 48.4 Å². The second-order valence-electron chi connectivity index (χ2n) is 3.07. The normalized spacial score (nSPS) is 10.5. The zero-order valence-corrected chi connectivity index (χ0v) is 9.92. The highest BCUT2D eigenvalue weighted by Crippen LogP contribution is 2.30. The maximum Gasteiger partial charge on any atom is 0.310 e. The van der Waals surface area contributed by atoms with Gasteiger partial charge in [-0.2, -0.15) is 0 Å². The maximum atomic E-state index is 12.5. The van der Waals surface area contributed by atoms with Gasteiger partial charge in [0, 0.05) is 11.6 Å².